The van der Waals surface area contributed by atoms with E-state index in [2.05, 4.69) is 249 Å². The van der Waals surface area contributed by atoms with Gasteiger partial charge in [-0.1, -0.05) is 222 Å². The van der Waals surface area contributed by atoms with Crippen LogP contribution in [-0.2, 0) is 39.0 Å². The molecule has 4 rings (SSSR count). The van der Waals surface area contributed by atoms with E-state index in [-0.39, 0.29) is 70.6 Å². The SMILES string of the molecule is CC(C)(C)P(CN1[B]N(CP(C(C)(C)C)C(C)(C)C)c2ccccc21)C(C)(C)C.CC(C)(C)P(CN1[B]N(CP(C(C)(C)C)C(C)(C)C)c2ccccc21)C(C)(C)C.N#N.[Rh].[Rh]. The number of rotatable bonds is 8. The standard InChI is InChI=1S/2C24H44BN2P2.N2.2Rh/c2*1-21(2,3)28(22(4,5)6)17-26-19-15-13-14-16-20(19)27(25-26)18-29(23(7,8)9)24(10,11)12;1-2;;/h2*13-16H,17-18H2,1-12H3;;;. The van der Waals surface area contributed by atoms with Crippen molar-refractivity contribution in [2.24, 2.45) is 0 Å². The van der Waals surface area contributed by atoms with Gasteiger partial charge < -0.3 is 19.2 Å². The topological polar surface area (TPSA) is 60.5 Å². The first-order valence-electron chi connectivity index (χ1n) is 22.1. The number of benzene rings is 2. The maximum atomic E-state index is 6.00. The van der Waals surface area contributed by atoms with Gasteiger partial charge in [-0.2, -0.15) is 0 Å². The van der Waals surface area contributed by atoms with Gasteiger partial charge in [0.25, 0.3) is 0 Å². The molecule has 2 aliphatic heterocycles. The Morgan fingerprint density at radius 2 is 0.452 bits per heavy atom. The van der Waals surface area contributed by atoms with Crippen molar-refractivity contribution in [3.05, 3.63) is 48.5 Å². The summed E-state index contributed by atoms with van der Waals surface area (Å²) in [5.74, 6) is 0. The van der Waals surface area contributed by atoms with Crippen molar-refractivity contribution < 1.29 is 39.0 Å². The quantitative estimate of drug-likeness (QED) is 0.149. The molecule has 2 aromatic rings. The third-order valence-electron chi connectivity index (χ3n) is 11.2. The van der Waals surface area contributed by atoms with Crippen LogP contribution in [0.4, 0.5) is 22.7 Å². The molecule has 2 aromatic carbocycles. The molecule has 0 bridgehead atoms. The molecule has 0 atom stereocenters. The molecule has 62 heavy (non-hydrogen) atoms. The number of hydrogen-bond donors (Lipinski definition) is 0. The van der Waals surface area contributed by atoms with E-state index in [1.165, 1.54) is 22.7 Å². The van der Waals surface area contributed by atoms with Crippen LogP contribution in [0.5, 0.6) is 0 Å². The molecule has 0 amide bonds. The zero-order valence-electron chi connectivity index (χ0n) is 43.7. The third kappa shape index (κ3) is 17.3. The second kappa shape index (κ2) is 23.0. The van der Waals surface area contributed by atoms with Gasteiger partial charge in [0.15, 0.2) is 0 Å². The Hall–Kier alpha value is 0.157. The summed E-state index contributed by atoms with van der Waals surface area (Å²) in [5.41, 5.74) is 5.52. The third-order valence-corrected chi connectivity index (χ3v) is 26.5. The van der Waals surface area contributed by atoms with E-state index in [1.807, 2.05) is 0 Å². The first-order valence-corrected chi connectivity index (χ1v) is 28.2. The number of anilines is 4. The summed E-state index contributed by atoms with van der Waals surface area (Å²) in [6.45, 7) is 58.1. The maximum absolute atomic E-state index is 6.00. The molecule has 4 radical (unpaired) electrons. The van der Waals surface area contributed by atoms with Crippen molar-refractivity contribution in [1.82, 2.24) is 0 Å². The van der Waals surface area contributed by atoms with E-state index >= 15 is 0 Å². The summed E-state index contributed by atoms with van der Waals surface area (Å²) < 4.78 is 0. The Morgan fingerprint density at radius 3 is 0.565 bits per heavy atom. The number of nitrogens with zero attached hydrogens (tertiary/aromatic N) is 6. The van der Waals surface area contributed by atoms with E-state index in [1.54, 1.807) is 0 Å². The van der Waals surface area contributed by atoms with Crippen LogP contribution in [-0.4, -0.2) is 81.5 Å². The predicted octanol–water partition coefficient (Wildman–Crippen LogP) is 15.9. The van der Waals surface area contributed by atoms with Gasteiger partial charge in [0, 0.05) is 97.6 Å². The first kappa shape index (κ1) is 62.2. The Morgan fingerprint density at radius 1 is 0.323 bits per heavy atom. The molecule has 14 heteroatoms. The molecule has 0 aromatic heterocycles. The Bertz CT molecular complexity index is 1400. The fourth-order valence-corrected chi connectivity index (χ4v) is 22.8. The van der Waals surface area contributed by atoms with Crippen LogP contribution in [0.1, 0.15) is 166 Å². The monoisotopic (exact) mass is 1100 g/mol. The molecule has 0 aliphatic carbocycles. The van der Waals surface area contributed by atoms with E-state index < -0.39 is 0 Å². The largest absolute Gasteiger partial charge is 0.393 e. The second-order valence-electron chi connectivity index (χ2n) is 24.7. The molecule has 6 nitrogen and oxygen atoms in total. The van der Waals surface area contributed by atoms with Crippen molar-refractivity contribution >= 4 is 69.5 Å². The van der Waals surface area contributed by atoms with Crippen LogP contribution in [0.25, 0.3) is 0 Å². The summed E-state index contributed by atoms with van der Waals surface area (Å²) in [6.07, 6.45) is 4.50. The van der Waals surface area contributed by atoms with Crippen LogP contribution in [0.3, 0.4) is 0 Å². The average molecular weight is 1100 g/mol. The molecule has 0 N–H and O–H groups in total. The molecule has 2 heterocycles. The normalized spacial score (nSPS) is 14.9. The summed E-state index contributed by atoms with van der Waals surface area (Å²) in [5, 5.41) is 14.6. The van der Waals surface area contributed by atoms with Crippen LogP contribution >= 0.6 is 31.7 Å². The summed E-state index contributed by atoms with van der Waals surface area (Å²) in [7, 11) is 4.08. The van der Waals surface area contributed by atoms with Gasteiger partial charge in [-0.3, -0.25) is 0 Å². The number of fused-ring (bicyclic) bond motifs is 2. The molecule has 354 valence electrons. The fraction of sp³-hybridized carbons (Fsp3) is 0.750. The van der Waals surface area contributed by atoms with Gasteiger partial charge >= 0.3 is 15.1 Å². The van der Waals surface area contributed by atoms with E-state index in [9.17, 15) is 0 Å². The molecule has 0 saturated carbocycles. The van der Waals surface area contributed by atoms with Crippen molar-refractivity contribution in [3.63, 3.8) is 0 Å². The number of hydrogen-bond acceptors (Lipinski definition) is 6. The van der Waals surface area contributed by atoms with Crippen molar-refractivity contribution in [2.45, 2.75) is 207 Å². The second-order valence-corrected chi connectivity index (χ2v) is 40.0. The fourth-order valence-electron chi connectivity index (χ4n) is 9.27. The van der Waals surface area contributed by atoms with E-state index in [4.69, 9.17) is 10.8 Å². The smallest absolute Gasteiger partial charge is 0.392 e. The minimum absolute atomic E-state index is 0. The van der Waals surface area contributed by atoms with E-state index in [0.717, 1.165) is 25.1 Å². The van der Waals surface area contributed by atoms with E-state index in [0.29, 0.717) is 41.2 Å². The van der Waals surface area contributed by atoms with Gasteiger partial charge in [0.1, 0.15) is 0 Å². The zero-order valence-corrected chi connectivity index (χ0v) is 50.6. The average Bonchev–Trinajstić information content (AvgIpc) is 3.58. The van der Waals surface area contributed by atoms with Crippen LogP contribution in [0, 0.1) is 10.8 Å². The van der Waals surface area contributed by atoms with Crippen molar-refractivity contribution in [1.29, 1.82) is 10.8 Å². The van der Waals surface area contributed by atoms with Crippen molar-refractivity contribution in [3.8, 4) is 0 Å². The minimum Gasteiger partial charge on any atom is -0.393 e. The molecule has 0 spiro atoms. The summed E-state index contributed by atoms with van der Waals surface area (Å²) >= 11 is 0. The summed E-state index contributed by atoms with van der Waals surface area (Å²) in [4.78, 5) is 10.2. The minimum atomic E-state index is -0.189. The molecule has 0 fully saturated rings. The zero-order chi connectivity index (χ0) is 46.8. The first-order chi connectivity index (χ1) is 26.8. The van der Waals surface area contributed by atoms with Crippen molar-refractivity contribution in [2.75, 3.05) is 44.4 Å². The molecule has 2 aliphatic rings. The molecular formula is C48H88B2N6P4Rh2. The van der Waals surface area contributed by atoms with Gasteiger partial charge in [0.05, 0.1) is 0 Å². The summed E-state index contributed by atoms with van der Waals surface area (Å²) in [6, 6.07) is 18.0. The van der Waals surface area contributed by atoms with Gasteiger partial charge in [-0.25, -0.2) is 0 Å². The number of para-hydroxylation sites is 4. The molecule has 0 unspecified atom stereocenters. The van der Waals surface area contributed by atoms with Gasteiger partial charge in [0.2, 0.25) is 0 Å². The predicted molar refractivity (Wildman–Crippen MR) is 283 cm³/mol. The Labute approximate surface area is 416 Å². The van der Waals surface area contributed by atoms with Crippen LogP contribution in [0.15, 0.2) is 48.5 Å². The maximum Gasteiger partial charge on any atom is 0.392 e. The van der Waals surface area contributed by atoms with Crippen LogP contribution in [0.2, 0.25) is 0 Å². The van der Waals surface area contributed by atoms with Gasteiger partial charge in [-0.15, -0.1) is 0 Å². The van der Waals surface area contributed by atoms with Gasteiger partial charge in [-0.05, 0) is 65.5 Å². The molecule has 0 saturated heterocycles. The molecular weight excluding hydrogens is 1010 g/mol. The Kier molecular flexibility index (Phi) is 23.0. The van der Waals surface area contributed by atoms with Crippen LogP contribution < -0.4 is 19.2 Å². The Balaban J connectivity index is 0.00000112.